The lowest BCUT2D eigenvalue weighted by Gasteiger charge is -2.41. The van der Waals surface area contributed by atoms with Crippen molar-refractivity contribution in [2.45, 2.75) is 25.2 Å². The number of aromatic nitrogens is 1. The molecule has 3 aliphatic heterocycles. The summed E-state index contributed by atoms with van der Waals surface area (Å²) < 4.78 is 38.3. The average Bonchev–Trinajstić information content (AvgIpc) is 3.13. The second-order valence-electron chi connectivity index (χ2n) is 7.96. The van der Waals surface area contributed by atoms with E-state index in [1.807, 2.05) is 17.9 Å². The molecule has 1 N–H and O–H groups in total. The first-order valence-corrected chi connectivity index (χ1v) is 9.96. The lowest BCUT2D eigenvalue weighted by molar-refractivity contribution is -0.137. The Morgan fingerprint density at radius 2 is 2.00 bits per heavy atom. The van der Waals surface area contributed by atoms with Gasteiger partial charge in [0.05, 0.1) is 18.2 Å². The van der Waals surface area contributed by atoms with Crippen LogP contribution in [-0.2, 0) is 11.0 Å². The molecule has 0 aliphatic carbocycles. The minimum absolute atomic E-state index is 0.0617. The molecule has 2 saturated heterocycles. The van der Waals surface area contributed by atoms with Gasteiger partial charge in [0.1, 0.15) is 11.5 Å². The lowest BCUT2D eigenvalue weighted by Crippen LogP contribution is -2.56. The van der Waals surface area contributed by atoms with Gasteiger partial charge >= 0.3 is 6.18 Å². The molecule has 0 radical (unpaired) electrons. The number of pyridine rings is 1. The highest BCUT2D eigenvalue weighted by Crippen LogP contribution is 2.30. The van der Waals surface area contributed by atoms with Crippen LogP contribution in [-0.4, -0.2) is 89.5 Å². The number of nitrogens with zero attached hydrogens (tertiary/aromatic N) is 5. The van der Waals surface area contributed by atoms with Gasteiger partial charge in [-0.2, -0.15) is 13.2 Å². The molecule has 0 unspecified atom stereocenters. The first-order valence-electron chi connectivity index (χ1n) is 9.96. The fourth-order valence-electron chi connectivity index (χ4n) is 4.04. The van der Waals surface area contributed by atoms with Gasteiger partial charge in [-0.25, -0.2) is 4.98 Å². The number of carbonyl (C=O) groups excluding carboxylic acids is 1. The fourth-order valence-corrected chi connectivity index (χ4v) is 4.04. The van der Waals surface area contributed by atoms with E-state index >= 15 is 0 Å². The number of aliphatic hydroxyl groups is 1. The Balaban J connectivity index is 1.34. The molecule has 7 nitrogen and oxygen atoms in total. The van der Waals surface area contributed by atoms with Crippen molar-refractivity contribution in [1.29, 1.82) is 0 Å². The van der Waals surface area contributed by atoms with Gasteiger partial charge in [-0.15, -0.1) is 0 Å². The maximum Gasteiger partial charge on any atom is 0.417 e. The van der Waals surface area contributed by atoms with Gasteiger partial charge in [-0.3, -0.25) is 14.7 Å². The van der Waals surface area contributed by atoms with Crippen LogP contribution in [0.5, 0.6) is 0 Å². The maximum absolute atomic E-state index is 12.8. The van der Waals surface area contributed by atoms with Crippen LogP contribution in [0.25, 0.3) is 0 Å². The van der Waals surface area contributed by atoms with Crippen molar-refractivity contribution in [2.24, 2.45) is 4.99 Å². The minimum Gasteiger partial charge on any atom is -0.389 e. The molecule has 3 aliphatic rings. The Hall–Kier alpha value is -2.46. The first kappa shape index (κ1) is 20.8. The normalized spacial score (nSPS) is 23.3. The summed E-state index contributed by atoms with van der Waals surface area (Å²) in [5.41, 5.74) is 0.619. The molecule has 0 spiro atoms. The van der Waals surface area contributed by atoms with Crippen molar-refractivity contribution in [3.05, 3.63) is 35.5 Å². The van der Waals surface area contributed by atoms with Crippen LogP contribution in [0.2, 0.25) is 0 Å². The van der Waals surface area contributed by atoms with Crippen molar-refractivity contribution < 1.29 is 23.1 Å². The van der Waals surface area contributed by atoms with Crippen LogP contribution in [0, 0.1) is 0 Å². The fraction of sp³-hybridized carbons (Fsp3) is 0.550. The smallest absolute Gasteiger partial charge is 0.389 e. The topological polar surface area (TPSA) is 72.3 Å². The van der Waals surface area contributed by atoms with Gasteiger partial charge in [-0.05, 0) is 24.6 Å². The van der Waals surface area contributed by atoms with Gasteiger partial charge in [0.2, 0.25) is 0 Å². The van der Waals surface area contributed by atoms with E-state index in [1.165, 1.54) is 6.07 Å². The monoisotopic (exact) mass is 423 g/mol. The van der Waals surface area contributed by atoms with E-state index < -0.39 is 17.8 Å². The largest absolute Gasteiger partial charge is 0.417 e. The van der Waals surface area contributed by atoms with Crippen molar-refractivity contribution in [3.63, 3.8) is 0 Å². The molecule has 0 bridgehead atoms. The lowest BCUT2D eigenvalue weighted by atomic mass is 10.1. The number of anilines is 1. The van der Waals surface area contributed by atoms with E-state index in [9.17, 15) is 23.1 Å². The van der Waals surface area contributed by atoms with E-state index in [2.05, 4.69) is 14.9 Å². The van der Waals surface area contributed by atoms with E-state index in [4.69, 9.17) is 0 Å². The number of rotatable bonds is 4. The summed E-state index contributed by atoms with van der Waals surface area (Å²) in [6, 6.07) is 2.54. The summed E-state index contributed by atoms with van der Waals surface area (Å²) >= 11 is 0. The summed E-state index contributed by atoms with van der Waals surface area (Å²) in [7, 11) is 0. The number of piperazine rings is 1. The molecule has 10 heteroatoms. The van der Waals surface area contributed by atoms with Gasteiger partial charge in [0.25, 0.3) is 5.91 Å². The second-order valence-corrected chi connectivity index (χ2v) is 7.96. The van der Waals surface area contributed by atoms with Gasteiger partial charge in [0.15, 0.2) is 0 Å². The van der Waals surface area contributed by atoms with Gasteiger partial charge in [0, 0.05) is 51.5 Å². The molecular weight excluding hydrogens is 399 g/mol. The van der Waals surface area contributed by atoms with Crippen molar-refractivity contribution >= 4 is 17.4 Å². The zero-order valence-electron chi connectivity index (χ0n) is 16.6. The van der Waals surface area contributed by atoms with Crippen molar-refractivity contribution in [2.75, 3.05) is 50.7 Å². The quantitative estimate of drug-likeness (QED) is 0.788. The number of β-amino-alcohol motifs (C(OH)–C–C–N with tert-alkyl or cyclic N) is 1. The molecule has 4 rings (SSSR count). The molecule has 0 aromatic carbocycles. The highest BCUT2D eigenvalue weighted by atomic mass is 19.4. The zero-order chi connectivity index (χ0) is 21.5. The third kappa shape index (κ3) is 4.20. The standard InChI is InChI=1S/C20H24F3N5O2/c1-13-9-26(6-7-28(13)17-3-2-15(8-25-17)20(21,22)23)10-14-4-5-24-18(14)19(30)27-11-16(29)12-27/h2-4,8,13,16,29H,5-7,9-12H2,1H3/t13-/m1/s1. The minimum atomic E-state index is -4.39. The van der Waals surface area contributed by atoms with E-state index in [1.54, 1.807) is 4.90 Å². The summed E-state index contributed by atoms with van der Waals surface area (Å²) in [5, 5.41) is 9.42. The summed E-state index contributed by atoms with van der Waals surface area (Å²) in [4.78, 5) is 26.7. The highest BCUT2D eigenvalue weighted by Gasteiger charge is 2.35. The Bertz CT molecular complexity index is 862. The van der Waals surface area contributed by atoms with Crippen molar-refractivity contribution in [3.8, 4) is 0 Å². The third-order valence-electron chi connectivity index (χ3n) is 5.72. The molecule has 1 aromatic rings. The number of hydrogen-bond donors (Lipinski definition) is 1. The van der Waals surface area contributed by atoms with Crippen LogP contribution in [0.4, 0.5) is 19.0 Å². The molecule has 4 heterocycles. The Morgan fingerprint density at radius 1 is 1.23 bits per heavy atom. The summed E-state index contributed by atoms with van der Waals surface area (Å²) in [6.07, 6.45) is -2.01. The van der Waals surface area contributed by atoms with E-state index in [0.29, 0.717) is 57.3 Å². The van der Waals surface area contributed by atoms with Gasteiger partial charge in [-0.1, -0.05) is 6.08 Å². The van der Waals surface area contributed by atoms with Crippen LogP contribution < -0.4 is 4.90 Å². The van der Waals surface area contributed by atoms with Gasteiger partial charge < -0.3 is 14.9 Å². The second kappa shape index (κ2) is 7.99. The van der Waals surface area contributed by atoms with Crippen LogP contribution in [0.3, 0.4) is 0 Å². The van der Waals surface area contributed by atoms with Crippen LogP contribution >= 0.6 is 0 Å². The zero-order valence-corrected chi connectivity index (χ0v) is 16.6. The van der Waals surface area contributed by atoms with E-state index in [-0.39, 0.29) is 11.9 Å². The van der Waals surface area contributed by atoms with Crippen LogP contribution in [0.1, 0.15) is 12.5 Å². The predicted octanol–water partition coefficient (Wildman–Crippen LogP) is 1.19. The summed E-state index contributed by atoms with van der Waals surface area (Å²) in [6.45, 7) is 5.82. The predicted molar refractivity (Wildman–Crippen MR) is 105 cm³/mol. The number of likely N-dealkylation sites (tertiary alicyclic amines) is 1. The Morgan fingerprint density at radius 3 is 2.60 bits per heavy atom. The number of amides is 1. The molecule has 0 saturated carbocycles. The molecule has 1 aromatic heterocycles. The molecule has 30 heavy (non-hydrogen) atoms. The number of carbonyl (C=O) groups is 1. The highest BCUT2D eigenvalue weighted by molar-refractivity contribution is 6.46. The summed E-state index contributed by atoms with van der Waals surface area (Å²) in [5.74, 6) is 0.397. The molecule has 162 valence electrons. The number of alkyl halides is 3. The Labute approximate surface area is 172 Å². The number of halogens is 3. The molecular formula is C20H24F3N5O2. The molecule has 1 atom stereocenters. The molecule has 2 fully saturated rings. The number of hydrogen-bond acceptors (Lipinski definition) is 6. The van der Waals surface area contributed by atoms with Crippen molar-refractivity contribution in [1.82, 2.24) is 14.8 Å². The third-order valence-corrected chi connectivity index (χ3v) is 5.72. The SMILES string of the molecule is C[C@@H]1CN(CC2=CCN=C2C(=O)N2CC(O)C2)CCN1c1ccc(C(F)(F)F)cn1. The average molecular weight is 423 g/mol. The van der Waals surface area contributed by atoms with E-state index in [0.717, 1.165) is 17.8 Å². The Kier molecular flexibility index (Phi) is 5.54. The van der Waals surface area contributed by atoms with Crippen LogP contribution in [0.15, 0.2) is 35.0 Å². The number of aliphatic imine (C=N–C) groups is 1. The number of aliphatic hydroxyl groups excluding tert-OH is 1. The first-order chi connectivity index (χ1) is 14.2. The molecule has 1 amide bonds. The maximum atomic E-state index is 12.8.